The van der Waals surface area contributed by atoms with E-state index in [1.54, 1.807) is 6.08 Å². The Hall–Kier alpha value is -1.92. The van der Waals surface area contributed by atoms with Crippen LogP contribution >= 0.6 is 0 Å². The highest BCUT2D eigenvalue weighted by Crippen LogP contribution is 2.19. The molecule has 0 fully saturated rings. The summed E-state index contributed by atoms with van der Waals surface area (Å²) in [5, 5.41) is 23.3. The minimum atomic E-state index is -0.844. The molecular formula is C78H149NO5. The van der Waals surface area contributed by atoms with Crippen molar-refractivity contribution in [2.24, 2.45) is 0 Å². The number of aliphatic hydroxyl groups excluding tert-OH is 2. The van der Waals surface area contributed by atoms with Crippen molar-refractivity contribution in [1.29, 1.82) is 0 Å². The van der Waals surface area contributed by atoms with Gasteiger partial charge in [0, 0.05) is 12.8 Å². The largest absolute Gasteiger partial charge is 0.466 e. The topological polar surface area (TPSA) is 95.9 Å². The van der Waals surface area contributed by atoms with Crippen molar-refractivity contribution in [3.63, 3.8) is 0 Å². The van der Waals surface area contributed by atoms with Crippen LogP contribution in [0.1, 0.15) is 425 Å². The molecule has 0 heterocycles. The van der Waals surface area contributed by atoms with Gasteiger partial charge >= 0.3 is 5.97 Å². The van der Waals surface area contributed by atoms with E-state index in [0.717, 1.165) is 51.4 Å². The van der Waals surface area contributed by atoms with Crippen molar-refractivity contribution in [2.75, 3.05) is 13.2 Å². The molecule has 6 nitrogen and oxygen atoms in total. The van der Waals surface area contributed by atoms with Crippen LogP contribution in [0, 0.1) is 0 Å². The molecule has 0 saturated carbocycles. The second-order valence-electron chi connectivity index (χ2n) is 26.3. The smallest absolute Gasteiger partial charge is 0.305 e. The Bertz CT molecular complexity index is 1360. The highest BCUT2D eigenvalue weighted by molar-refractivity contribution is 5.76. The van der Waals surface area contributed by atoms with Crippen LogP contribution < -0.4 is 5.32 Å². The molecule has 0 aliphatic carbocycles. The van der Waals surface area contributed by atoms with Crippen molar-refractivity contribution in [1.82, 2.24) is 5.32 Å². The molecule has 6 heteroatoms. The van der Waals surface area contributed by atoms with Crippen LogP contribution in [0.2, 0.25) is 0 Å². The number of allylic oxidation sites excluding steroid dienone is 5. The fraction of sp³-hybridized carbons (Fsp3) is 0.897. The molecule has 0 spiro atoms. The third-order valence-electron chi connectivity index (χ3n) is 17.9. The zero-order valence-corrected chi connectivity index (χ0v) is 56.9. The Morgan fingerprint density at radius 3 is 0.917 bits per heavy atom. The second-order valence-corrected chi connectivity index (χ2v) is 26.3. The van der Waals surface area contributed by atoms with Gasteiger partial charge in [-0.3, -0.25) is 9.59 Å². The summed E-state index contributed by atoms with van der Waals surface area (Å²) in [5.74, 6) is -0.0538. The number of carbonyl (C=O) groups is 2. The highest BCUT2D eigenvalue weighted by Gasteiger charge is 2.18. The monoisotopic (exact) mass is 1180 g/mol. The molecule has 0 saturated heterocycles. The molecule has 496 valence electrons. The predicted octanol–water partition coefficient (Wildman–Crippen LogP) is 25.0. The summed E-state index contributed by atoms with van der Waals surface area (Å²) in [4.78, 5) is 24.6. The fourth-order valence-corrected chi connectivity index (χ4v) is 12.1. The van der Waals surface area contributed by atoms with Crippen LogP contribution in [0.5, 0.6) is 0 Å². The lowest BCUT2D eigenvalue weighted by Crippen LogP contribution is -2.45. The number of ether oxygens (including phenoxy) is 1. The summed E-state index contributed by atoms with van der Waals surface area (Å²) in [6, 6.07) is -0.627. The van der Waals surface area contributed by atoms with Crippen molar-refractivity contribution in [2.45, 2.75) is 437 Å². The number of hydrogen-bond donors (Lipinski definition) is 3. The van der Waals surface area contributed by atoms with E-state index in [4.69, 9.17) is 4.74 Å². The van der Waals surface area contributed by atoms with Crippen molar-refractivity contribution in [3.8, 4) is 0 Å². The summed E-state index contributed by atoms with van der Waals surface area (Å²) in [7, 11) is 0. The lowest BCUT2D eigenvalue weighted by atomic mass is 10.0. The molecule has 1 amide bonds. The van der Waals surface area contributed by atoms with Gasteiger partial charge in [-0.05, 0) is 64.2 Å². The average Bonchev–Trinajstić information content (AvgIpc) is 3.51. The van der Waals surface area contributed by atoms with Crippen molar-refractivity contribution in [3.05, 3.63) is 36.5 Å². The van der Waals surface area contributed by atoms with Crippen LogP contribution in [-0.2, 0) is 14.3 Å². The molecule has 2 atom stereocenters. The first kappa shape index (κ1) is 82.1. The molecule has 2 unspecified atom stereocenters. The maximum Gasteiger partial charge on any atom is 0.305 e. The Morgan fingerprint density at radius 1 is 0.333 bits per heavy atom. The number of unbranched alkanes of at least 4 members (excludes halogenated alkanes) is 57. The maximum absolute atomic E-state index is 12.5. The van der Waals surface area contributed by atoms with E-state index in [2.05, 4.69) is 43.5 Å². The molecule has 3 N–H and O–H groups in total. The second kappa shape index (κ2) is 73.5. The zero-order chi connectivity index (χ0) is 60.6. The van der Waals surface area contributed by atoms with Gasteiger partial charge in [0.2, 0.25) is 5.91 Å². The number of amides is 1. The zero-order valence-electron chi connectivity index (χ0n) is 56.9. The summed E-state index contributed by atoms with van der Waals surface area (Å²) in [6.07, 6.45) is 95.3. The first-order chi connectivity index (χ1) is 41.5. The van der Waals surface area contributed by atoms with Gasteiger partial charge in [0.15, 0.2) is 0 Å². The molecule has 0 aromatic carbocycles. The Labute approximate surface area is 525 Å². The quantitative estimate of drug-likeness (QED) is 0.0320. The molecule has 84 heavy (non-hydrogen) atoms. The average molecular weight is 1180 g/mol. The fourth-order valence-electron chi connectivity index (χ4n) is 12.1. The third kappa shape index (κ3) is 69.2. The lowest BCUT2D eigenvalue weighted by Gasteiger charge is -2.20. The molecule has 0 rings (SSSR count). The maximum atomic E-state index is 12.5. The van der Waals surface area contributed by atoms with E-state index >= 15 is 0 Å². The van der Waals surface area contributed by atoms with Gasteiger partial charge in [0.25, 0.3) is 0 Å². The molecule has 0 aromatic heterocycles. The lowest BCUT2D eigenvalue weighted by molar-refractivity contribution is -0.143. The van der Waals surface area contributed by atoms with E-state index in [0.29, 0.717) is 19.4 Å². The molecule has 0 radical (unpaired) electrons. The number of hydrogen-bond acceptors (Lipinski definition) is 5. The molecule has 0 bridgehead atoms. The van der Waals surface area contributed by atoms with Gasteiger partial charge in [-0.15, -0.1) is 0 Å². The van der Waals surface area contributed by atoms with Gasteiger partial charge in [-0.25, -0.2) is 0 Å². The van der Waals surface area contributed by atoms with Crippen LogP contribution in [0.15, 0.2) is 36.5 Å². The van der Waals surface area contributed by atoms with Crippen LogP contribution in [0.3, 0.4) is 0 Å². The minimum Gasteiger partial charge on any atom is -0.466 e. The van der Waals surface area contributed by atoms with E-state index in [9.17, 15) is 19.8 Å². The van der Waals surface area contributed by atoms with Crippen LogP contribution in [0.25, 0.3) is 0 Å². The van der Waals surface area contributed by atoms with Crippen LogP contribution in [0.4, 0.5) is 0 Å². The van der Waals surface area contributed by atoms with Gasteiger partial charge in [-0.1, -0.05) is 384 Å². The number of rotatable bonds is 72. The Morgan fingerprint density at radius 2 is 0.595 bits per heavy atom. The Kier molecular flexibility index (Phi) is 71.9. The van der Waals surface area contributed by atoms with E-state index < -0.39 is 12.1 Å². The molecule has 0 aromatic rings. The van der Waals surface area contributed by atoms with E-state index in [1.807, 2.05) is 6.08 Å². The summed E-state index contributed by atoms with van der Waals surface area (Å²) in [5.41, 5.74) is 0. The number of carbonyl (C=O) groups excluding carboxylic acids is 2. The number of esters is 1. The SMILES string of the molecule is CCCCCC/C=C\C/C=C\CCCCCCCC(=O)OCCCCCCCCCCCCCCCCCCCCCCCCCCCCCCCC(=O)NC(CO)C(O)/C=C/CCCCCCCCCCCCCCCCCCCCCC. The third-order valence-corrected chi connectivity index (χ3v) is 17.9. The normalized spacial score (nSPS) is 12.7. The Balaban J connectivity index is 3.37. The number of nitrogens with one attached hydrogen (secondary N) is 1. The van der Waals surface area contributed by atoms with E-state index in [1.165, 1.54) is 347 Å². The van der Waals surface area contributed by atoms with Crippen molar-refractivity contribution >= 4 is 11.9 Å². The minimum absolute atomic E-state index is 0.00631. The first-order valence-corrected chi connectivity index (χ1v) is 38.3. The van der Waals surface area contributed by atoms with Gasteiger partial charge in [0.05, 0.1) is 25.4 Å². The van der Waals surface area contributed by atoms with Gasteiger partial charge in [-0.2, -0.15) is 0 Å². The number of aliphatic hydroxyl groups is 2. The van der Waals surface area contributed by atoms with Crippen molar-refractivity contribution < 1.29 is 24.5 Å². The predicted molar refractivity (Wildman–Crippen MR) is 370 cm³/mol. The highest BCUT2D eigenvalue weighted by atomic mass is 16.5. The summed E-state index contributed by atoms with van der Waals surface area (Å²) >= 11 is 0. The molecule has 0 aliphatic rings. The van der Waals surface area contributed by atoms with Crippen LogP contribution in [-0.4, -0.2) is 47.4 Å². The summed E-state index contributed by atoms with van der Waals surface area (Å²) < 4.78 is 5.50. The van der Waals surface area contributed by atoms with Gasteiger partial charge in [0.1, 0.15) is 0 Å². The molecule has 0 aliphatic heterocycles. The van der Waals surface area contributed by atoms with E-state index in [-0.39, 0.29) is 18.5 Å². The van der Waals surface area contributed by atoms with Gasteiger partial charge < -0.3 is 20.3 Å². The molecular weight excluding hydrogens is 1030 g/mol. The first-order valence-electron chi connectivity index (χ1n) is 38.3. The summed E-state index contributed by atoms with van der Waals surface area (Å²) in [6.45, 7) is 4.93. The standard InChI is InChI=1S/C78H149NO5/c1-3-5-7-9-11-13-15-17-19-21-22-23-33-36-39-42-46-50-54-58-62-66-70-76(81)75(74-80)79-77(82)71-67-63-59-55-51-47-43-40-37-34-31-29-27-25-24-26-28-30-32-35-38-41-45-49-53-57-61-65-69-73-84-78(83)72-68-64-60-56-52-48-44-20-18-16-14-12-10-8-6-4-2/h14,16,20,44,66,70,75-76,80-81H,3-13,15,17-19,21-43,45-65,67-69,71-74H2,1-2H3,(H,79,82)/b16-14-,44-20-,70-66+.